The molecule has 2 rings (SSSR count). The Morgan fingerprint density at radius 3 is 2.44 bits per heavy atom. The SMILES string of the molecule is CC(=O)NC(CC(=O)NCCc1ccccc1F)c1ccc(Cl)cc1. The van der Waals surface area contributed by atoms with E-state index in [2.05, 4.69) is 10.6 Å². The van der Waals surface area contributed by atoms with Crippen LogP contribution in [0.4, 0.5) is 4.39 Å². The van der Waals surface area contributed by atoms with E-state index in [9.17, 15) is 14.0 Å². The smallest absolute Gasteiger partial charge is 0.222 e. The standard InChI is InChI=1S/C19H20ClFN2O2/c1-13(24)23-18(15-6-8-16(20)9-7-15)12-19(25)22-11-10-14-4-2-3-5-17(14)21/h2-9,18H,10-12H2,1H3,(H,22,25)(H,23,24). The molecule has 2 aromatic carbocycles. The zero-order valence-corrected chi connectivity index (χ0v) is 14.6. The highest BCUT2D eigenvalue weighted by molar-refractivity contribution is 6.30. The molecule has 2 aromatic rings. The number of rotatable bonds is 7. The molecule has 1 atom stereocenters. The maximum Gasteiger partial charge on any atom is 0.222 e. The molecule has 0 bridgehead atoms. The predicted molar refractivity (Wildman–Crippen MR) is 95.7 cm³/mol. The molecule has 2 amide bonds. The van der Waals surface area contributed by atoms with Gasteiger partial charge < -0.3 is 10.6 Å². The van der Waals surface area contributed by atoms with Gasteiger partial charge in [0.15, 0.2) is 0 Å². The number of halogens is 2. The van der Waals surface area contributed by atoms with Crippen LogP contribution in [-0.4, -0.2) is 18.4 Å². The van der Waals surface area contributed by atoms with Crippen LogP contribution in [0.1, 0.15) is 30.5 Å². The molecule has 0 aliphatic rings. The lowest BCUT2D eigenvalue weighted by Crippen LogP contribution is -2.33. The van der Waals surface area contributed by atoms with Gasteiger partial charge in [-0.05, 0) is 35.7 Å². The minimum Gasteiger partial charge on any atom is -0.356 e. The molecule has 1 unspecified atom stereocenters. The van der Waals surface area contributed by atoms with Gasteiger partial charge in [-0.3, -0.25) is 9.59 Å². The molecule has 2 N–H and O–H groups in total. The minimum absolute atomic E-state index is 0.0957. The fourth-order valence-electron chi connectivity index (χ4n) is 2.49. The summed E-state index contributed by atoms with van der Waals surface area (Å²) in [4.78, 5) is 23.6. The van der Waals surface area contributed by atoms with E-state index in [1.165, 1.54) is 13.0 Å². The number of amides is 2. The number of hydrogen-bond acceptors (Lipinski definition) is 2. The Morgan fingerprint density at radius 1 is 1.12 bits per heavy atom. The molecule has 6 heteroatoms. The molecule has 0 aliphatic heterocycles. The molecule has 0 fully saturated rings. The molecule has 4 nitrogen and oxygen atoms in total. The molecular formula is C19H20ClFN2O2. The maximum absolute atomic E-state index is 13.6. The quantitative estimate of drug-likeness (QED) is 0.793. The first-order valence-corrected chi connectivity index (χ1v) is 8.36. The van der Waals surface area contributed by atoms with Gasteiger partial charge >= 0.3 is 0 Å². The second-order valence-corrected chi connectivity index (χ2v) is 6.14. The van der Waals surface area contributed by atoms with Crippen molar-refractivity contribution in [1.82, 2.24) is 10.6 Å². The molecule has 25 heavy (non-hydrogen) atoms. The molecule has 0 saturated heterocycles. The zero-order valence-electron chi connectivity index (χ0n) is 13.9. The van der Waals surface area contributed by atoms with Crippen molar-refractivity contribution >= 4 is 23.4 Å². The van der Waals surface area contributed by atoms with E-state index in [4.69, 9.17) is 11.6 Å². The van der Waals surface area contributed by atoms with Crippen LogP contribution < -0.4 is 10.6 Å². The van der Waals surface area contributed by atoms with Crippen LogP contribution >= 0.6 is 11.6 Å². The van der Waals surface area contributed by atoms with Crippen molar-refractivity contribution in [3.8, 4) is 0 Å². The summed E-state index contributed by atoms with van der Waals surface area (Å²) >= 11 is 5.87. The summed E-state index contributed by atoms with van der Waals surface area (Å²) in [6.45, 7) is 1.73. The van der Waals surface area contributed by atoms with Gasteiger partial charge in [-0.2, -0.15) is 0 Å². The van der Waals surface area contributed by atoms with E-state index in [0.29, 0.717) is 23.6 Å². The van der Waals surface area contributed by atoms with E-state index in [1.807, 2.05) is 0 Å². The summed E-state index contributed by atoms with van der Waals surface area (Å²) in [6.07, 6.45) is 0.503. The summed E-state index contributed by atoms with van der Waals surface area (Å²) in [5.74, 6) is -0.724. The van der Waals surface area contributed by atoms with Crippen molar-refractivity contribution < 1.29 is 14.0 Å². The van der Waals surface area contributed by atoms with Gasteiger partial charge in [-0.25, -0.2) is 4.39 Å². The number of nitrogens with one attached hydrogen (secondary N) is 2. The third-order valence-electron chi connectivity index (χ3n) is 3.71. The molecule has 0 spiro atoms. The monoisotopic (exact) mass is 362 g/mol. The van der Waals surface area contributed by atoms with Crippen molar-refractivity contribution in [2.45, 2.75) is 25.8 Å². The Bertz CT molecular complexity index is 734. The summed E-state index contributed by atoms with van der Waals surface area (Å²) < 4.78 is 13.6. The lowest BCUT2D eigenvalue weighted by molar-refractivity contribution is -0.122. The summed E-state index contributed by atoms with van der Waals surface area (Å²) in [5.41, 5.74) is 1.35. The Kier molecular flexibility index (Phi) is 6.95. The highest BCUT2D eigenvalue weighted by Crippen LogP contribution is 2.19. The number of hydrogen-bond donors (Lipinski definition) is 2. The normalized spacial score (nSPS) is 11.6. The topological polar surface area (TPSA) is 58.2 Å². The molecule has 0 aromatic heterocycles. The predicted octanol–water partition coefficient (Wildman–Crippen LogP) is 3.41. The van der Waals surface area contributed by atoms with Gasteiger partial charge in [0.2, 0.25) is 11.8 Å². The third kappa shape index (κ3) is 6.19. The Hall–Kier alpha value is -2.40. The van der Waals surface area contributed by atoms with Gasteiger partial charge in [0, 0.05) is 18.5 Å². The van der Waals surface area contributed by atoms with Crippen molar-refractivity contribution in [2.75, 3.05) is 6.54 Å². The van der Waals surface area contributed by atoms with E-state index >= 15 is 0 Å². The number of carbonyl (C=O) groups excluding carboxylic acids is 2. The van der Waals surface area contributed by atoms with Crippen LogP contribution in [0.3, 0.4) is 0 Å². The molecule has 0 radical (unpaired) electrons. The van der Waals surface area contributed by atoms with E-state index < -0.39 is 6.04 Å². The van der Waals surface area contributed by atoms with Gasteiger partial charge in [0.05, 0.1) is 12.5 Å². The lowest BCUT2D eigenvalue weighted by atomic mass is 10.0. The highest BCUT2D eigenvalue weighted by Gasteiger charge is 2.17. The Balaban J connectivity index is 1.91. The van der Waals surface area contributed by atoms with Crippen molar-refractivity contribution in [3.05, 3.63) is 70.5 Å². The molecule has 132 valence electrons. The van der Waals surface area contributed by atoms with E-state index in [0.717, 1.165) is 5.56 Å². The van der Waals surface area contributed by atoms with Crippen molar-refractivity contribution in [1.29, 1.82) is 0 Å². The van der Waals surface area contributed by atoms with Gasteiger partial charge in [0.1, 0.15) is 5.82 Å². The number of carbonyl (C=O) groups is 2. The van der Waals surface area contributed by atoms with Gasteiger partial charge in [-0.15, -0.1) is 0 Å². The summed E-state index contributed by atoms with van der Waals surface area (Å²) in [6, 6.07) is 13.0. The molecule has 0 aliphatic carbocycles. The van der Waals surface area contributed by atoms with E-state index in [-0.39, 0.29) is 24.1 Å². The van der Waals surface area contributed by atoms with Crippen molar-refractivity contribution in [3.63, 3.8) is 0 Å². The Morgan fingerprint density at radius 2 is 1.80 bits per heavy atom. The molecular weight excluding hydrogens is 343 g/mol. The van der Waals surface area contributed by atoms with E-state index in [1.54, 1.807) is 42.5 Å². The highest BCUT2D eigenvalue weighted by atomic mass is 35.5. The summed E-state index contributed by atoms with van der Waals surface area (Å²) in [5, 5.41) is 6.10. The molecule has 0 saturated carbocycles. The fraction of sp³-hybridized carbons (Fsp3) is 0.263. The van der Waals surface area contributed by atoms with Crippen LogP contribution in [0.2, 0.25) is 5.02 Å². The summed E-state index contributed by atoms with van der Waals surface area (Å²) in [7, 11) is 0. The lowest BCUT2D eigenvalue weighted by Gasteiger charge is -2.18. The Labute approximate surface area is 151 Å². The number of benzene rings is 2. The second kappa shape index (κ2) is 9.18. The van der Waals surface area contributed by atoms with Crippen LogP contribution in [-0.2, 0) is 16.0 Å². The average molecular weight is 363 g/mol. The largest absolute Gasteiger partial charge is 0.356 e. The van der Waals surface area contributed by atoms with Crippen LogP contribution in [0.25, 0.3) is 0 Å². The first kappa shape index (κ1) is 18.9. The van der Waals surface area contributed by atoms with Gasteiger partial charge in [-0.1, -0.05) is 41.9 Å². The zero-order chi connectivity index (χ0) is 18.2. The van der Waals surface area contributed by atoms with Gasteiger partial charge in [0.25, 0.3) is 0 Å². The first-order valence-electron chi connectivity index (χ1n) is 7.98. The molecule has 0 heterocycles. The fourth-order valence-corrected chi connectivity index (χ4v) is 2.61. The average Bonchev–Trinajstić information content (AvgIpc) is 2.56. The van der Waals surface area contributed by atoms with Crippen LogP contribution in [0.15, 0.2) is 48.5 Å². The van der Waals surface area contributed by atoms with Crippen molar-refractivity contribution in [2.24, 2.45) is 0 Å². The first-order chi connectivity index (χ1) is 12.0. The second-order valence-electron chi connectivity index (χ2n) is 5.70. The maximum atomic E-state index is 13.6. The van der Waals surface area contributed by atoms with Crippen LogP contribution in [0.5, 0.6) is 0 Å². The minimum atomic E-state index is -0.441. The van der Waals surface area contributed by atoms with Crippen LogP contribution in [0, 0.1) is 5.82 Å². The third-order valence-corrected chi connectivity index (χ3v) is 3.97.